The van der Waals surface area contributed by atoms with Crippen LogP contribution in [-0.4, -0.2) is 29.0 Å². The van der Waals surface area contributed by atoms with Crippen LogP contribution in [0.3, 0.4) is 0 Å². The van der Waals surface area contributed by atoms with Gasteiger partial charge in [0.1, 0.15) is 0 Å². The van der Waals surface area contributed by atoms with Gasteiger partial charge in [-0.2, -0.15) is 10.2 Å². The van der Waals surface area contributed by atoms with Gasteiger partial charge < -0.3 is 9.74 Å². The number of aromatic nitrogens is 4. The molecule has 0 fully saturated rings. The Hall–Kier alpha value is -2.45. The van der Waals surface area contributed by atoms with Crippen molar-refractivity contribution in [1.82, 2.24) is 20.0 Å². The van der Waals surface area contributed by atoms with Crippen LogP contribution in [0.1, 0.15) is 58.0 Å². The molecule has 0 amide bonds. The average molecular weight is 428 g/mol. The summed E-state index contributed by atoms with van der Waals surface area (Å²) in [5, 5.41) is 16.4. The predicted molar refractivity (Wildman–Crippen MR) is 125 cm³/mol. The number of aryl methyl sites for hydroxylation is 1. The van der Waals surface area contributed by atoms with E-state index in [1.165, 1.54) is 4.68 Å². The maximum Gasteiger partial charge on any atom is 0.275 e. The number of hydrogen-bond donors (Lipinski definition) is 2. The molecule has 0 spiro atoms. The minimum atomic E-state index is -1.27. The van der Waals surface area contributed by atoms with Crippen LogP contribution < -0.4 is 10.9 Å². The summed E-state index contributed by atoms with van der Waals surface area (Å²) in [6.07, 6.45) is -0.0703. The number of nitrogens with zero attached hydrogens (tertiary/aromatic N) is 3. The van der Waals surface area contributed by atoms with Crippen molar-refractivity contribution in [3.05, 3.63) is 45.9 Å². The Morgan fingerprint density at radius 2 is 1.87 bits per heavy atom. The zero-order chi connectivity index (χ0) is 22.2. The van der Waals surface area contributed by atoms with Crippen molar-refractivity contribution in [3.63, 3.8) is 0 Å². The molecule has 2 aromatic heterocycles. The van der Waals surface area contributed by atoms with Crippen molar-refractivity contribution in [3.8, 4) is 0 Å². The lowest BCUT2D eigenvalue weighted by Gasteiger charge is -2.33. The lowest BCUT2D eigenvalue weighted by Crippen LogP contribution is -2.28. The van der Waals surface area contributed by atoms with Crippen LogP contribution in [0, 0.1) is 12.3 Å². The molecule has 0 bridgehead atoms. The van der Waals surface area contributed by atoms with Gasteiger partial charge in [-0.15, -0.1) is 0 Å². The number of rotatable bonds is 6. The minimum absolute atomic E-state index is 0.0650. The summed E-state index contributed by atoms with van der Waals surface area (Å²) in [7, 11) is -1.27. The maximum atomic E-state index is 13.2. The van der Waals surface area contributed by atoms with Gasteiger partial charge in [-0.05, 0) is 50.9 Å². The van der Waals surface area contributed by atoms with Crippen LogP contribution in [-0.2, 0) is 4.43 Å². The normalized spacial score (nSPS) is 13.4. The summed E-state index contributed by atoms with van der Waals surface area (Å²) in [6.45, 7) is 16.7. The van der Waals surface area contributed by atoms with Gasteiger partial charge in [0.25, 0.3) is 5.56 Å². The third kappa shape index (κ3) is 4.65. The van der Waals surface area contributed by atoms with E-state index < -0.39 is 9.04 Å². The van der Waals surface area contributed by atoms with E-state index in [0.29, 0.717) is 17.0 Å². The van der Waals surface area contributed by atoms with Crippen LogP contribution in [0.5, 0.6) is 0 Å². The van der Waals surface area contributed by atoms with Crippen molar-refractivity contribution in [2.75, 3.05) is 5.32 Å². The molecule has 0 aliphatic carbocycles. The Balaban J connectivity index is 2.20. The van der Waals surface area contributed by atoms with Crippen molar-refractivity contribution in [1.29, 1.82) is 0 Å². The summed E-state index contributed by atoms with van der Waals surface area (Å²) < 4.78 is 7.91. The van der Waals surface area contributed by atoms with Crippen LogP contribution >= 0.6 is 0 Å². The second-order valence-corrected chi connectivity index (χ2v) is 11.9. The van der Waals surface area contributed by atoms with Crippen molar-refractivity contribution in [2.24, 2.45) is 5.41 Å². The lowest BCUT2D eigenvalue weighted by atomic mass is 9.84. The molecule has 7 nitrogen and oxygen atoms in total. The van der Waals surface area contributed by atoms with Gasteiger partial charge in [0.2, 0.25) is 0 Å². The van der Waals surface area contributed by atoms with E-state index >= 15 is 0 Å². The van der Waals surface area contributed by atoms with E-state index in [1.807, 2.05) is 39.0 Å². The highest BCUT2D eigenvalue weighted by atomic mass is 28.3. The van der Waals surface area contributed by atoms with E-state index in [-0.39, 0.29) is 23.1 Å². The fraction of sp³-hybridized carbons (Fsp3) is 0.500. The first-order chi connectivity index (χ1) is 14.0. The van der Waals surface area contributed by atoms with Crippen molar-refractivity contribution >= 4 is 31.4 Å². The number of anilines is 2. The number of benzene rings is 1. The SMILES string of the molecule is Cc1cc(Nc2nn(C(C)C)c(=O)c3cc(C(O[SiH](C)C)C(C)(C)C)ccc23)n[nH]1. The summed E-state index contributed by atoms with van der Waals surface area (Å²) in [4.78, 5) is 13.2. The molecule has 2 heterocycles. The van der Waals surface area contributed by atoms with Gasteiger partial charge in [-0.25, -0.2) is 4.68 Å². The van der Waals surface area contributed by atoms with E-state index in [1.54, 1.807) is 0 Å². The minimum Gasteiger partial charge on any atom is -0.413 e. The van der Waals surface area contributed by atoms with E-state index in [9.17, 15) is 4.79 Å². The van der Waals surface area contributed by atoms with Gasteiger partial charge in [-0.3, -0.25) is 9.89 Å². The lowest BCUT2D eigenvalue weighted by molar-refractivity contribution is 0.0867. The molecule has 3 rings (SSSR count). The summed E-state index contributed by atoms with van der Waals surface area (Å²) in [5.41, 5.74) is 1.80. The fourth-order valence-electron chi connectivity index (χ4n) is 3.54. The van der Waals surface area contributed by atoms with Crippen LogP contribution in [0.15, 0.2) is 29.1 Å². The van der Waals surface area contributed by atoms with Crippen LogP contribution in [0.2, 0.25) is 13.1 Å². The molecule has 0 radical (unpaired) electrons. The monoisotopic (exact) mass is 427 g/mol. The number of fused-ring (bicyclic) bond motifs is 1. The summed E-state index contributed by atoms with van der Waals surface area (Å²) in [5.74, 6) is 1.28. The smallest absolute Gasteiger partial charge is 0.275 e. The largest absolute Gasteiger partial charge is 0.413 e. The standard InChI is InChI=1S/C22H33N5O2Si/c1-13(2)27-21(28)17-12-15(19(22(4,5)6)29-30(7)8)9-10-16(17)20(26-27)23-18-11-14(3)24-25-18/h9-13,19,30H,1-8H3,(H2,23,24,25,26). The Labute approximate surface area is 179 Å². The number of nitrogens with one attached hydrogen (secondary N) is 2. The third-order valence-electron chi connectivity index (χ3n) is 4.88. The molecule has 162 valence electrons. The quantitative estimate of drug-likeness (QED) is 0.550. The van der Waals surface area contributed by atoms with E-state index in [0.717, 1.165) is 16.6 Å². The van der Waals surface area contributed by atoms with Gasteiger partial charge in [-0.1, -0.05) is 32.9 Å². The zero-order valence-electron chi connectivity index (χ0n) is 19.2. The average Bonchev–Trinajstić information content (AvgIpc) is 3.05. The summed E-state index contributed by atoms with van der Waals surface area (Å²) >= 11 is 0. The Bertz CT molecular complexity index is 1100. The fourth-order valence-corrected chi connectivity index (χ4v) is 4.65. The van der Waals surface area contributed by atoms with Gasteiger partial charge >= 0.3 is 0 Å². The van der Waals surface area contributed by atoms with E-state index in [4.69, 9.17) is 4.43 Å². The molecule has 0 saturated heterocycles. The van der Waals surface area contributed by atoms with E-state index in [2.05, 4.69) is 60.5 Å². The van der Waals surface area contributed by atoms with Crippen LogP contribution in [0.25, 0.3) is 10.8 Å². The maximum absolute atomic E-state index is 13.2. The highest BCUT2D eigenvalue weighted by Crippen LogP contribution is 2.38. The molecule has 8 heteroatoms. The molecule has 0 aliphatic heterocycles. The number of H-pyrrole nitrogens is 1. The second kappa shape index (κ2) is 8.35. The molecule has 2 N–H and O–H groups in total. The van der Waals surface area contributed by atoms with Crippen molar-refractivity contribution in [2.45, 2.75) is 66.8 Å². The molecule has 0 aliphatic rings. The highest BCUT2D eigenvalue weighted by Gasteiger charge is 2.28. The molecular weight excluding hydrogens is 394 g/mol. The molecule has 3 aromatic rings. The molecule has 30 heavy (non-hydrogen) atoms. The zero-order valence-corrected chi connectivity index (χ0v) is 20.4. The van der Waals surface area contributed by atoms with Crippen molar-refractivity contribution < 1.29 is 4.43 Å². The molecule has 1 aromatic carbocycles. The van der Waals surface area contributed by atoms with Gasteiger partial charge in [0.15, 0.2) is 20.7 Å². The Morgan fingerprint density at radius 1 is 1.17 bits per heavy atom. The van der Waals surface area contributed by atoms with Crippen LogP contribution in [0.4, 0.5) is 11.6 Å². The molecule has 1 atom stereocenters. The molecular formula is C22H33N5O2Si. The number of hydrogen-bond acceptors (Lipinski definition) is 5. The first-order valence-corrected chi connectivity index (χ1v) is 13.3. The first-order valence-electron chi connectivity index (χ1n) is 10.5. The summed E-state index contributed by atoms with van der Waals surface area (Å²) in [6, 6.07) is 7.84. The second-order valence-electron chi connectivity index (χ2n) is 9.49. The third-order valence-corrected chi connectivity index (χ3v) is 5.70. The predicted octanol–water partition coefficient (Wildman–Crippen LogP) is 4.84. The van der Waals surface area contributed by atoms with Gasteiger partial charge in [0.05, 0.1) is 17.5 Å². The molecule has 1 unspecified atom stereocenters. The molecule has 0 saturated carbocycles. The Kier molecular flexibility index (Phi) is 6.19. The highest BCUT2D eigenvalue weighted by molar-refractivity contribution is 6.48. The Morgan fingerprint density at radius 3 is 2.40 bits per heavy atom. The topological polar surface area (TPSA) is 84.8 Å². The number of aromatic amines is 1. The van der Waals surface area contributed by atoms with Gasteiger partial charge in [0, 0.05) is 17.1 Å². The first kappa shape index (κ1) is 22.2.